The molecule has 2 aromatic heterocycles. The molecular weight excluding hydrogens is 454 g/mol. The molecule has 1 aromatic carbocycles. The first-order valence-electron chi connectivity index (χ1n) is 12.6. The second kappa shape index (κ2) is 9.89. The molecule has 9 heteroatoms. The monoisotopic (exact) mass is 489 g/mol. The van der Waals surface area contributed by atoms with Gasteiger partial charge in [-0.05, 0) is 41.9 Å². The van der Waals surface area contributed by atoms with Crippen molar-refractivity contribution in [3.05, 3.63) is 53.5 Å². The number of aryl methyl sites for hydroxylation is 1. The molecule has 190 valence electrons. The summed E-state index contributed by atoms with van der Waals surface area (Å²) in [6.45, 7) is 13.0. The van der Waals surface area contributed by atoms with Gasteiger partial charge in [-0.25, -0.2) is 14.8 Å². The molecule has 1 fully saturated rings. The summed E-state index contributed by atoms with van der Waals surface area (Å²) in [4.78, 5) is 23.5. The van der Waals surface area contributed by atoms with Gasteiger partial charge in [0.1, 0.15) is 12.1 Å². The molecule has 2 aliphatic rings. The van der Waals surface area contributed by atoms with E-state index in [-0.39, 0.29) is 11.4 Å². The van der Waals surface area contributed by atoms with E-state index in [2.05, 4.69) is 65.5 Å². The third-order valence-electron chi connectivity index (χ3n) is 7.25. The Balaban J connectivity index is 1.21. The lowest BCUT2D eigenvalue weighted by Gasteiger charge is -2.27. The highest BCUT2D eigenvalue weighted by Gasteiger charge is 2.33. The van der Waals surface area contributed by atoms with Crippen molar-refractivity contribution in [1.29, 1.82) is 0 Å². The van der Waals surface area contributed by atoms with Crippen molar-refractivity contribution in [3.8, 4) is 11.3 Å². The van der Waals surface area contributed by atoms with Crippen molar-refractivity contribution >= 4 is 17.7 Å². The number of fused-ring (bicyclic) bond motifs is 1. The van der Waals surface area contributed by atoms with E-state index in [4.69, 9.17) is 4.74 Å². The third kappa shape index (κ3) is 5.36. The Hall–Kier alpha value is -3.46. The van der Waals surface area contributed by atoms with Crippen LogP contribution in [0.4, 0.5) is 16.4 Å². The van der Waals surface area contributed by atoms with Gasteiger partial charge in [0.25, 0.3) is 0 Å². The first kappa shape index (κ1) is 24.2. The van der Waals surface area contributed by atoms with E-state index in [0.29, 0.717) is 31.5 Å². The molecule has 3 aromatic rings. The SMILES string of the molecule is Cc1cc(-c2cc(Nc3cc4n(n3)CCOC4)ncn2)ccc1CNC(=O)N1CCC(C(C)(C)C)C1. The average molecular weight is 490 g/mol. The molecule has 2 aliphatic heterocycles. The summed E-state index contributed by atoms with van der Waals surface area (Å²) in [5.74, 6) is 1.98. The Labute approximate surface area is 212 Å². The van der Waals surface area contributed by atoms with Gasteiger partial charge >= 0.3 is 6.03 Å². The Kier molecular flexibility index (Phi) is 6.66. The fourth-order valence-electron chi connectivity index (χ4n) is 4.86. The maximum atomic E-state index is 12.7. The van der Waals surface area contributed by atoms with Crippen molar-refractivity contribution in [3.63, 3.8) is 0 Å². The number of rotatable bonds is 5. The number of amides is 2. The van der Waals surface area contributed by atoms with Crippen LogP contribution >= 0.6 is 0 Å². The predicted molar refractivity (Wildman–Crippen MR) is 139 cm³/mol. The van der Waals surface area contributed by atoms with E-state index >= 15 is 0 Å². The Bertz CT molecular complexity index is 1220. The number of carbonyl (C=O) groups excluding carboxylic acids is 1. The number of hydrogen-bond donors (Lipinski definition) is 2. The van der Waals surface area contributed by atoms with Crippen LogP contribution in [0.5, 0.6) is 0 Å². The highest BCUT2D eigenvalue weighted by molar-refractivity contribution is 5.74. The fourth-order valence-corrected chi connectivity index (χ4v) is 4.86. The number of anilines is 2. The van der Waals surface area contributed by atoms with E-state index in [9.17, 15) is 4.79 Å². The van der Waals surface area contributed by atoms with Gasteiger partial charge in [-0.2, -0.15) is 5.10 Å². The van der Waals surface area contributed by atoms with Crippen LogP contribution in [0.3, 0.4) is 0 Å². The van der Waals surface area contributed by atoms with Crippen molar-refractivity contribution < 1.29 is 9.53 Å². The molecule has 2 N–H and O–H groups in total. The molecule has 9 nitrogen and oxygen atoms in total. The van der Waals surface area contributed by atoms with Gasteiger partial charge in [-0.3, -0.25) is 4.68 Å². The molecule has 0 radical (unpaired) electrons. The second-order valence-electron chi connectivity index (χ2n) is 10.8. The van der Waals surface area contributed by atoms with Gasteiger partial charge in [-0.15, -0.1) is 0 Å². The van der Waals surface area contributed by atoms with Crippen LogP contribution < -0.4 is 10.6 Å². The predicted octanol–water partition coefficient (Wildman–Crippen LogP) is 4.50. The van der Waals surface area contributed by atoms with Crippen LogP contribution in [0.25, 0.3) is 11.3 Å². The van der Waals surface area contributed by atoms with E-state index in [0.717, 1.165) is 60.0 Å². The van der Waals surface area contributed by atoms with Gasteiger partial charge in [-0.1, -0.05) is 32.9 Å². The van der Waals surface area contributed by atoms with Crippen LogP contribution in [0.1, 0.15) is 44.0 Å². The summed E-state index contributed by atoms with van der Waals surface area (Å²) in [5.41, 5.74) is 5.30. The molecule has 2 amide bonds. The first-order chi connectivity index (χ1) is 17.3. The number of benzene rings is 1. The Morgan fingerprint density at radius 3 is 2.75 bits per heavy atom. The number of urea groups is 1. The van der Waals surface area contributed by atoms with Crippen LogP contribution in [-0.4, -0.2) is 50.4 Å². The molecule has 36 heavy (non-hydrogen) atoms. The summed E-state index contributed by atoms with van der Waals surface area (Å²) in [7, 11) is 0. The average Bonchev–Trinajstić information content (AvgIpc) is 3.50. The van der Waals surface area contributed by atoms with E-state index in [1.807, 2.05) is 27.8 Å². The van der Waals surface area contributed by atoms with Crippen molar-refractivity contribution in [2.24, 2.45) is 11.3 Å². The fraction of sp³-hybridized carbons (Fsp3) is 0.481. The molecule has 1 atom stereocenters. The maximum absolute atomic E-state index is 12.7. The molecule has 1 saturated heterocycles. The zero-order valence-corrected chi connectivity index (χ0v) is 21.5. The van der Waals surface area contributed by atoms with Gasteiger partial charge in [0.2, 0.25) is 0 Å². The van der Waals surface area contributed by atoms with Crippen LogP contribution in [0, 0.1) is 18.3 Å². The lowest BCUT2D eigenvalue weighted by molar-refractivity contribution is 0.0801. The molecule has 1 unspecified atom stereocenters. The number of carbonyl (C=O) groups is 1. The number of nitrogens with one attached hydrogen (secondary N) is 2. The van der Waals surface area contributed by atoms with E-state index in [1.54, 1.807) is 6.33 Å². The summed E-state index contributed by atoms with van der Waals surface area (Å²) in [6, 6.07) is 10.1. The van der Waals surface area contributed by atoms with E-state index < -0.39 is 0 Å². The smallest absolute Gasteiger partial charge is 0.317 e. The summed E-state index contributed by atoms with van der Waals surface area (Å²) >= 11 is 0. The highest BCUT2D eigenvalue weighted by atomic mass is 16.5. The zero-order valence-electron chi connectivity index (χ0n) is 21.5. The Morgan fingerprint density at radius 1 is 1.14 bits per heavy atom. The van der Waals surface area contributed by atoms with Gasteiger partial charge < -0.3 is 20.3 Å². The lowest BCUT2D eigenvalue weighted by atomic mass is 9.80. The summed E-state index contributed by atoms with van der Waals surface area (Å²) < 4.78 is 7.45. The highest BCUT2D eigenvalue weighted by Crippen LogP contribution is 2.33. The Morgan fingerprint density at radius 2 is 2.00 bits per heavy atom. The molecule has 0 aliphatic carbocycles. The zero-order chi connectivity index (χ0) is 25.3. The number of likely N-dealkylation sites (tertiary alicyclic amines) is 1. The lowest BCUT2D eigenvalue weighted by Crippen LogP contribution is -2.39. The largest absolute Gasteiger partial charge is 0.373 e. The third-order valence-corrected chi connectivity index (χ3v) is 7.25. The van der Waals surface area contributed by atoms with Crippen LogP contribution in [-0.2, 0) is 24.4 Å². The minimum absolute atomic E-state index is 0.0178. The van der Waals surface area contributed by atoms with Crippen molar-refractivity contribution in [2.75, 3.05) is 25.0 Å². The number of hydrogen-bond acceptors (Lipinski definition) is 6. The van der Waals surface area contributed by atoms with Gasteiger partial charge in [0, 0.05) is 37.3 Å². The van der Waals surface area contributed by atoms with Gasteiger partial charge in [0.05, 0.1) is 31.1 Å². The van der Waals surface area contributed by atoms with Crippen molar-refractivity contribution in [1.82, 2.24) is 30.0 Å². The number of nitrogens with zero attached hydrogens (tertiary/aromatic N) is 5. The minimum atomic E-state index is 0.0178. The molecular formula is C27H35N7O2. The topological polar surface area (TPSA) is 97.2 Å². The molecule has 4 heterocycles. The minimum Gasteiger partial charge on any atom is -0.373 e. The van der Waals surface area contributed by atoms with Crippen molar-refractivity contribution in [2.45, 2.75) is 53.8 Å². The number of aromatic nitrogens is 4. The van der Waals surface area contributed by atoms with Crippen LogP contribution in [0.15, 0.2) is 36.7 Å². The number of ether oxygens (including phenoxy) is 1. The van der Waals surface area contributed by atoms with E-state index in [1.165, 1.54) is 0 Å². The molecule has 5 rings (SSSR count). The molecule has 0 saturated carbocycles. The normalized spacial score (nSPS) is 17.7. The second-order valence-corrected chi connectivity index (χ2v) is 10.8. The van der Waals surface area contributed by atoms with Crippen LogP contribution in [0.2, 0.25) is 0 Å². The maximum Gasteiger partial charge on any atom is 0.317 e. The van der Waals surface area contributed by atoms with Gasteiger partial charge in [0.15, 0.2) is 5.82 Å². The summed E-state index contributed by atoms with van der Waals surface area (Å²) in [5, 5.41) is 11.0. The molecule has 0 spiro atoms. The first-order valence-corrected chi connectivity index (χ1v) is 12.6. The standard InChI is InChI=1S/C27H35N7O2/c1-18-11-19(5-6-20(18)14-28-26(35)33-8-7-21(15-33)27(2,3)4)23-13-24(30-17-29-23)31-25-12-22-16-36-10-9-34(22)32-25/h5-6,11-13,17,21H,7-10,14-16H2,1-4H3,(H,28,35)(H,29,30,31,32). The summed E-state index contributed by atoms with van der Waals surface area (Å²) in [6.07, 6.45) is 2.62. The quantitative estimate of drug-likeness (QED) is 0.548. The molecule has 0 bridgehead atoms.